The van der Waals surface area contributed by atoms with Crippen molar-refractivity contribution in [3.05, 3.63) is 0 Å². The molecule has 4 heteroatoms. The molecule has 1 fully saturated rings. The Morgan fingerprint density at radius 2 is 2.12 bits per heavy atom. The molecule has 1 rings (SSSR count). The Balaban J connectivity index is 2.30. The third-order valence-electron chi connectivity index (χ3n) is 3.00. The minimum Gasteiger partial charge on any atom is -0.466 e. The fourth-order valence-corrected chi connectivity index (χ4v) is 2.22. The van der Waals surface area contributed by atoms with Gasteiger partial charge in [-0.1, -0.05) is 6.92 Å². The smallest absolute Gasteiger partial charge is 0.313 e. The van der Waals surface area contributed by atoms with E-state index in [1.807, 2.05) is 0 Å². The molecule has 0 bridgehead atoms. The number of rotatable bonds is 6. The maximum atomic E-state index is 11.6. The van der Waals surface area contributed by atoms with Gasteiger partial charge < -0.3 is 4.74 Å². The molecule has 0 saturated carbocycles. The Morgan fingerprint density at radius 1 is 1.38 bits per heavy atom. The lowest BCUT2D eigenvalue weighted by atomic mass is 10.1. The SMILES string of the molecule is CCOC(=O)CC(=O)CN1CCCC1CC. The van der Waals surface area contributed by atoms with Gasteiger partial charge in [0.25, 0.3) is 0 Å². The van der Waals surface area contributed by atoms with Gasteiger partial charge in [0.1, 0.15) is 6.42 Å². The molecular weight excluding hydrogens is 206 g/mol. The van der Waals surface area contributed by atoms with Crippen molar-refractivity contribution in [3.8, 4) is 0 Å². The highest BCUT2D eigenvalue weighted by Gasteiger charge is 2.25. The molecule has 0 aromatic carbocycles. The van der Waals surface area contributed by atoms with Crippen molar-refractivity contribution in [3.63, 3.8) is 0 Å². The fourth-order valence-electron chi connectivity index (χ4n) is 2.22. The van der Waals surface area contributed by atoms with Gasteiger partial charge in [-0.25, -0.2) is 0 Å². The van der Waals surface area contributed by atoms with Crippen LogP contribution in [0.3, 0.4) is 0 Å². The van der Waals surface area contributed by atoms with Crippen molar-refractivity contribution in [2.75, 3.05) is 19.7 Å². The van der Waals surface area contributed by atoms with Crippen LogP contribution in [0.1, 0.15) is 39.5 Å². The number of likely N-dealkylation sites (tertiary alicyclic amines) is 1. The van der Waals surface area contributed by atoms with Crippen molar-refractivity contribution in [1.82, 2.24) is 4.90 Å². The number of ketones is 1. The monoisotopic (exact) mass is 227 g/mol. The van der Waals surface area contributed by atoms with Crippen molar-refractivity contribution >= 4 is 11.8 Å². The summed E-state index contributed by atoms with van der Waals surface area (Å²) in [6.45, 7) is 5.60. The van der Waals surface area contributed by atoms with Crippen LogP contribution in [0, 0.1) is 0 Å². The van der Waals surface area contributed by atoms with Gasteiger partial charge in [0.15, 0.2) is 5.78 Å². The zero-order chi connectivity index (χ0) is 12.0. The van der Waals surface area contributed by atoms with E-state index in [4.69, 9.17) is 4.74 Å². The molecule has 4 nitrogen and oxygen atoms in total. The molecule has 92 valence electrons. The number of hydrogen-bond acceptors (Lipinski definition) is 4. The van der Waals surface area contributed by atoms with E-state index < -0.39 is 5.97 Å². The normalized spacial score (nSPS) is 21.0. The Kier molecular flexibility index (Phi) is 5.46. The maximum Gasteiger partial charge on any atom is 0.313 e. The number of hydrogen-bond donors (Lipinski definition) is 0. The molecule has 0 spiro atoms. The molecule has 1 heterocycles. The first-order chi connectivity index (χ1) is 7.67. The molecule has 16 heavy (non-hydrogen) atoms. The van der Waals surface area contributed by atoms with Crippen molar-refractivity contribution in [2.45, 2.75) is 45.6 Å². The Labute approximate surface area is 96.9 Å². The van der Waals surface area contributed by atoms with Crippen molar-refractivity contribution in [2.24, 2.45) is 0 Å². The van der Waals surface area contributed by atoms with E-state index in [2.05, 4.69) is 11.8 Å². The molecule has 0 radical (unpaired) electrons. The van der Waals surface area contributed by atoms with E-state index in [-0.39, 0.29) is 12.2 Å². The lowest BCUT2D eigenvalue weighted by Crippen LogP contribution is -2.34. The third kappa shape index (κ3) is 3.93. The maximum absolute atomic E-state index is 11.6. The Morgan fingerprint density at radius 3 is 2.75 bits per heavy atom. The van der Waals surface area contributed by atoms with Gasteiger partial charge in [0.05, 0.1) is 13.2 Å². The highest BCUT2D eigenvalue weighted by Crippen LogP contribution is 2.19. The number of esters is 1. The molecule has 0 amide bonds. The highest BCUT2D eigenvalue weighted by atomic mass is 16.5. The summed E-state index contributed by atoms with van der Waals surface area (Å²) in [7, 11) is 0. The van der Waals surface area contributed by atoms with E-state index >= 15 is 0 Å². The van der Waals surface area contributed by atoms with Gasteiger partial charge in [-0.05, 0) is 32.7 Å². The topological polar surface area (TPSA) is 46.6 Å². The van der Waals surface area contributed by atoms with Gasteiger partial charge in [-0.3, -0.25) is 14.5 Å². The molecule has 1 atom stereocenters. The summed E-state index contributed by atoms with van der Waals surface area (Å²) in [6.07, 6.45) is 3.32. The lowest BCUT2D eigenvalue weighted by Gasteiger charge is -2.21. The second kappa shape index (κ2) is 6.63. The summed E-state index contributed by atoms with van der Waals surface area (Å²) in [6, 6.07) is 0.520. The fraction of sp³-hybridized carbons (Fsp3) is 0.833. The van der Waals surface area contributed by atoms with Crippen molar-refractivity contribution < 1.29 is 14.3 Å². The highest BCUT2D eigenvalue weighted by molar-refractivity contribution is 5.96. The quantitative estimate of drug-likeness (QED) is 0.508. The first-order valence-electron chi connectivity index (χ1n) is 6.08. The summed E-state index contributed by atoms with van der Waals surface area (Å²) < 4.78 is 4.75. The predicted octanol–water partition coefficient (Wildman–Crippen LogP) is 1.38. The lowest BCUT2D eigenvalue weighted by molar-refractivity contribution is -0.145. The van der Waals surface area contributed by atoms with Crippen LogP contribution < -0.4 is 0 Å². The number of carbonyl (C=O) groups excluding carboxylic acids is 2. The van der Waals surface area contributed by atoms with Crippen LogP contribution in [0.25, 0.3) is 0 Å². The second-order valence-electron chi connectivity index (χ2n) is 4.20. The standard InChI is InChI=1S/C12H21NO3/c1-3-10-6-5-7-13(10)9-11(14)8-12(15)16-4-2/h10H,3-9H2,1-2H3. The zero-order valence-electron chi connectivity index (χ0n) is 10.2. The minimum absolute atomic E-state index is 0.0289. The largest absolute Gasteiger partial charge is 0.466 e. The van der Waals surface area contributed by atoms with Crippen LogP contribution in [0.5, 0.6) is 0 Å². The summed E-state index contributed by atoms with van der Waals surface area (Å²) in [4.78, 5) is 24.9. The molecule has 1 unspecified atom stereocenters. The second-order valence-corrected chi connectivity index (χ2v) is 4.20. The van der Waals surface area contributed by atoms with Gasteiger partial charge in [-0.2, -0.15) is 0 Å². The summed E-state index contributed by atoms with van der Waals surface area (Å²) >= 11 is 0. The predicted molar refractivity (Wildman–Crippen MR) is 61.1 cm³/mol. The first-order valence-corrected chi connectivity index (χ1v) is 6.08. The average molecular weight is 227 g/mol. The Bertz CT molecular complexity index is 253. The summed E-state index contributed by atoms with van der Waals surface area (Å²) in [5.74, 6) is -0.432. The van der Waals surface area contributed by atoms with Crippen molar-refractivity contribution in [1.29, 1.82) is 0 Å². The van der Waals surface area contributed by atoms with Gasteiger partial charge in [-0.15, -0.1) is 0 Å². The van der Waals surface area contributed by atoms with Gasteiger partial charge >= 0.3 is 5.97 Å². The van der Waals surface area contributed by atoms with Crippen LogP contribution in [-0.4, -0.2) is 42.4 Å². The number of ether oxygens (including phenoxy) is 1. The number of nitrogens with zero attached hydrogens (tertiary/aromatic N) is 1. The molecule has 0 N–H and O–H groups in total. The first kappa shape index (κ1) is 13.2. The van der Waals surface area contributed by atoms with E-state index in [0.29, 0.717) is 19.2 Å². The van der Waals surface area contributed by atoms with Crippen LogP contribution in [0.4, 0.5) is 0 Å². The molecule has 0 aromatic heterocycles. The Hall–Kier alpha value is -0.900. The number of carbonyl (C=O) groups is 2. The van der Waals surface area contributed by atoms with E-state index in [0.717, 1.165) is 19.4 Å². The van der Waals surface area contributed by atoms with Crippen LogP contribution in [0.15, 0.2) is 0 Å². The summed E-state index contributed by atoms with van der Waals surface area (Å²) in [5, 5.41) is 0. The molecule has 1 aliphatic heterocycles. The molecule has 1 aliphatic rings. The molecule has 0 aliphatic carbocycles. The van der Waals surface area contributed by atoms with E-state index in [1.165, 1.54) is 6.42 Å². The van der Waals surface area contributed by atoms with Crippen LogP contribution >= 0.6 is 0 Å². The minimum atomic E-state index is -0.403. The van der Waals surface area contributed by atoms with Gasteiger partial charge in [0.2, 0.25) is 0 Å². The van der Waals surface area contributed by atoms with Crippen LogP contribution in [0.2, 0.25) is 0 Å². The summed E-state index contributed by atoms with van der Waals surface area (Å²) in [5.41, 5.74) is 0. The number of Topliss-reactive ketones (excluding diaryl/α,β-unsaturated/α-hetero) is 1. The molecular formula is C12H21NO3. The molecule has 1 saturated heterocycles. The van der Waals surface area contributed by atoms with E-state index in [9.17, 15) is 9.59 Å². The molecule has 0 aromatic rings. The van der Waals surface area contributed by atoms with E-state index in [1.54, 1.807) is 6.92 Å². The average Bonchev–Trinajstić information content (AvgIpc) is 2.65. The van der Waals surface area contributed by atoms with Gasteiger partial charge in [0, 0.05) is 6.04 Å². The zero-order valence-corrected chi connectivity index (χ0v) is 10.2. The third-order valence-corrected chi connectivity index (χ3v) is 3.00. The van der Waals surface area contributed by atoms with Crippen LogP contribution in [-0.2, 0) is 14.3 Å².